The third kappa shape index (κ3) is 3.48. The molecule has 1 aromatic carbocycles. The van der Waals surface area contributed by atoms with Crippen molar-refractivity contribution in [3.05, 3.63) is 57.0 Å². The molecule has 1 amide bonds. The zero-order valence-corrected chi connectivity index (χ0v) is 15.6. The predicted octanol–water partition coefficient (Wildman–Crippen LogP) is 2.11. The fourth-order valence-electron chi connectivity index (χ4n) is 2.79. The number of sulfonamides is 1. The number of amides is 1. The highest BCUT2D eigenvalue weighted by Crippen LogP contribution is 2.24. The molecule has 8 nitrogen and oxygen atoms in total. The van der Waals surface area contributed by atoms with Crippen LogP contribution < -0.4 is 0 Å². The first-order chi connectivity index (χ1) is 12.3. The Bertz CT molecular complexity index is 933. The summed E-state index contributed by atoms with van der Waals surface area (Å²) >= 11 is 1.16. The molecule has 1 aromatic heterocycles. The van der Waals surface area contributed by atoms with Gasteiger partial charge in [-0.15, -0.1) is 11.3 Å². The van der Waals surface area contributed by atoms with Crippen LogP contribution in [0.25, 0.3) is 0 Å². The molecule has 0 unspecified atom stereocenters. The van der Waals surface area contributed by atoms with Crippen molar-refractivity contribution in [2.45, 2.75) is 11.1 Å². The van der Waals surface area contributed by atoms with Crippen LogP contribution in [0.1, 0.15) is 15.9 Å². The minimum absolute atomic E-state index is 0.102. The van der Waals surface area contributed by atoms with Crippen molar-refractivity contribution in [2.24, 2.45) is 0 Å². The molecule has 0 bridgehead atoms. The molecule has 138 valence electrons. The fourth-order valence-corrected chi connectivity index (χ4v) is 5.36. The molecule has 0 aliphatic carbocycles. The molecular weight excluding hydrogens is 378 g/mol. The van der Waals surface area contributed by atoms with Gasteiger partial charge in [-0.2, -0.15) is 4.31 Å². The van der Waals surface area contributed by atoms with E-state index in [2.05, 4.69) is 0 Å². The van der Waals surface area contributed by atoms with Gasteiger partial charge in [-0.3, -0.25) is 14.9 Å². The summed E-state index contributed by atoms with van der Waals surface area (Å²) in [6.45, 7) is 2.48. The number of aryl methyl sites for hydroxylation is 1. The van der Waals surface area contributed by atoms with Crippen LogP contribution in [-0.2, 0) is 10.0 Å². The molecule has 1 fully saturated rings. The topological polar surface area (TPSA) is 101 Å². The van der Waals surface area contributed by atoms with Crippen LogP contribution in [0.15, 0.2) is 39.9 Å². The third-order valence-corrected chi connectivity index (χ3v) is 7.54. The lowest BCUT2D eigenvalue weighted by molar-refractivity contribution is -0.385. The van der Waals surface area contributed by atoms with E-state index in [0.29, 0.717) is 5.56 Å². The van der Waals surface area contributed by atoms with E-state index in [1.807, 2.05) is 0 Å². The summed E-state index contributed by atoms with van der Waals surface area (Å²) in [5.41, 5.74) is 0.616. The fraction of sp³-hybridized carbons (Fsp3) is 0.312. The number of hydrogen-bond acceptors (Lipinski definition) is 6. The van der Waals surface area contributed by atoms with Crippen molar-refractivity contribution in [3.63, 3.8) is 0 Å². The summed E-state index contributed by atoms with van der Waals surface area (Å²) in [5, 5.41) is 12.8. The minimum Gasteiger partial charge on any atom is -0.336 e. The van der Waals surface area contributed by atoms with E-state index in [0.717, 1.165) is 11.3 Å². The second kappa shape index (κ2) is 7.14. The van der Waals surface area contributed by atoms with Gasteiger partial charge in [0.1, 0.15) is 4.21 Å². The average Bonchev–Trinajstić information content (AvgIpc) is 3.17. The Balaban J connectivity index is 1.71. The second-order valence-corrected chi connectivity index (χ2v) is 9.00. The molecule has 3 rings (SSSR count). The Morgan fingerprint density at radius 3 is 2.46 bits per heavy atom. The van der Waals surface area contributed by atoms with Crippen LogP contribution in [-0.4, -0.2) is 54.6 Å². The van der Waals surface area contributed by atoms with Gasteiger partial charge in [-0.25, -0.2) is 8.42 Å². The predicted molar refractivity (Wildman–Crippen MR) is 96.8 cm³/mol. The average molecular weight is 395 g/mol. The summed E-state index contributed by atoms with van der Waals surface area (Å²) in [4.78, 5) is 24.7. The highest BCUT2D eigenvalue weighted by molar-refractivity contribution is 7.91. The van der Waals surface area contributed by atoms with Crippen molar-refractivity contribution < 1.29 is 18.1 Å². The van der Waals surface area contributed by atoms with E-state index in [4.69, 9.17) is 0 Å². The maximum atomic E-state index is 12.6. The van der Waals surface area contributed by atoms with Crippen molar-refractivity contribution in [2.75, 3.05) is 26.2 Å². The van der Waals surface area contributed by atoms with Gasteiger partial charge in [0.2, 0.25) is 0 Å². The lowest BCUT2D eigenvalue weighted by Crippen LogP contribution is -2.50. The van der Waals surface area contributed by atoms with Crippen LogP contribution in [0.5, 0.6) is 0 Å². The zero-order valence-electron chi connectivity index (χ0n) is 14.0. The first-order valence-electron chi connectivity index (χ1n) is 7.88. The first kappa shape index (κ1) is 18.5. The van der Waals surface area contributed by atoms with Crippen molar-refractivity contribution >= 4 is 33.0 Å². The van der Waals surface area contributed by atoms with Crippen LogP contribution in [0.3, 0.4) is 0 Å². The molecule has 1 aliphatic rings. The van der Waals surface area contributed by atoms with E-state index in [1.54, 1.807) is 36.6 Å². The largest absolute Gasteiger partial charge is 0.336 e. The standard InChI is InChI=1S/C16H17N3O5S2/c1-12-4-5-13(11-14(12)19(21)22)16(20)17-6-8-18(9-7-17)26(23,24)15-3-2-10-25-15/h2-5,10-11H,6-9H2,1H3. The normalized spacial score (nSPS) is 15.8. The Labute approximate surface area is 154 Å². The summed E-state index contributed by atoms with van der Waals surface area (Å²) in [6, 6.07) is 7.61. The highest BCUT2D eigenvalue weighted by atomic mass is 32.2. The van der Waals surface area contributed by atoms with E-state index in [1.165, 1.54) is 15.3 Å². The smallest absolute Gasteiger partial charge is 0.273 e. The number of piperazine rings is 1. The van der Waals surface area contributed by atoms with Crippen LogP contribution in [0, 0.1) is 17.0 Å². The van der Waals surface area contributed by atoms with Crippen LogP contribution >= 0.6 is 11.3 Å². The van der Waals surface area contributed by atoms with E-state index in [9.17, 15) is 23.3 Å². The van der Waals surface area contributed by atoms with E-state index in [-0.39, 0.29) is 47.5 Å². The Hall–Kier alpha value is -2.30. The minimum atomic E-state index is -3.53. The number of hydrogen-bond donors (Lipinski definition) is 0. The summed E-state index contributed by atoms with van der Waals surface area (Å²) in [5.74, 6) is -0.332. The number of benzene rings is 1. The number of nitrogens with zero attached hydrogens (tertiary/aromatic N) is 3. The van der Waals surface area contributed by atoms with Crippen molar-refractivity contribution in [3.8, 4) is 0 Å². The van der Waals surface area contributed by atoms with Crippen LogP contribution in [0.2, 0.25) is 0 Å². The molecule has 0 saturated carbocycles. The van der Waals surface area contributed by atoms with E-state index < -0.39 is 14.9 Å². The summed E-state index contributed by atoms with van der Waals surface area (Å²) in [7, 11) is -3.53. The summed E-state index contributed by atoms with van der Waals surface area (Å²) < 4.78 is 26.7. The number of rotatable bonds is 4. The van der Waals surface area contributed by atoms with Gasteiger partial charge < -0.3 is 4.90 Å². The number of thiophene rings is 1. The molecule has 10 heteroatoms. The third-order valence-electron chi connectivity index (χ3n) is 4.27. The highest BCUT2D eigenvalue weighted by Gasteiger charge is 2.31. The molecule has 0 radical (unpaired) electrons. The van der Waals surface area contributed by atoms with Gasteiger partial charge >= 0.3 is 0 Å². The maximum absolute atomic E-state index is 12.6. The van der Waals surface area contributed by atoms with Crippen molar-refractivity contribution in [1.82, 2.24) is 9.21 Å². The summed E-state index contributed by atoms with van der Waals surface area (Å²) in [6.07, 6.45) is 0. The van der Waals surface area contributed by atoms with Gasteiger partial charge in [0.25, 0.3) is 21.6 Å². The quantitative estimate of drug-likeness (QED) is 0.583. The number of nitro groups is 1. The number of carbonyl (C=O) groups excluding carboxylic acids is 1. The van der Waals surface area contributed by atoms with Gasteiger partial charge in [-0.1, -0.05) is 12.1 Å². The Morgan fingerprint density at radius 1 is 1.19 bits per heavy atom. The van der Waals surface area contributed by atoms with Gasteiger partial charge in [0, 0.05) is 43.4 Å². The molecule has 0 atom stereocenters. The van der Waals surface area contributed by atoms with Crippen LogP contribution in [0.4, 0.5) is 5.69 Å². The molecule has 1 aliphatic heterocycles. The number of nitro benzene ring substituents is 1. The second-order valence-electron chi connectivity index (χ2n) is 5.89. The number of carbonyl (C=O) groups is 1. The van der Waals surface area contributed by atoms with Crippen molar-refractivity contribution in [1.29, 1.82) is 0 Å². The molecule has 2 aromatic rings. The van der Waals surface area contributed by atoms with Gasteiger partial charge in [-0.05, 0) is 24.4 Å². The molecular formula is C16H17N3O5S2. The molecule has 1 saturated heterocycles. The molecule has 26 heavy (non-hydrogen) atoms. The lowest BCUT2D eigenvalue weighted by Gasteiger charge is -2.33. The van der Waals surface area contributed by atoms with Gasteiger partial charge in [0.15, 0.2) is 0 Å². The first-order valence-corrected chi connectivity index (χ1v) is 10.2. The van der Waals surface area contributed by atoms with Gasteiger partial charge in [0.05, 0.1) is 4.92 Å². The van der Waals surface area contributed by atoms with E-state index >= 15 is 0 Å². The monoisotopic (exact) mass is 395 g/mol. The molecule has 0 spiro atoms. The Morgan fingerprint density at radius 2 is 1.88 bits per heavy atom. The lowest BCUT2D eigenvalue weighted by atomic mass is 10.1. The molecule has 2 heterocycles. The molecule has 0 N–H and O–H groups in total. The maximum Gasteiger partial charge on any atom is 0.273 e. The Kier molecular flexibility index (Phi) is 5.08. The zero-order chi connectivity index (χ0) is 18.9. The SMILES string of the molecule is Cc1ccc(C(=O)N2CCN(S(=O)(=O)c3cccs3)CC2)cc1[N+](=O)[O-].